The van der Waals surface area contributed by atoms with Crippen molar-refractivity contribution in [3.8, 4) is 11.1 Å². The average Bonchev–Trinajstić information content (AvgIpc) is 2.93. The molecule has 0 atom stereocenters. The van der Waals surface area contributed by atoms with Crippen molar-refractivity contribution < 1.29 is 4.79 Å². The summed E-state index contributed by atoms with van der Waals surface area (Å²) in [5, 5.41) is 0. The number of hydrogen-bond acceptors (Lipinski definition) is 1. The van der Waals surface area contributed by atoms with Crippen LogP contribution in [0.15, 0.2) is 48.5 Å². The first-order valence-corrected chi connectivity index (χ1v) is 14.9. The first-order chi connectivity index (χ1) is 17.5. The molecule has 0 aromatic heterocycles. The molecule has 196 valence electrons. The Morgan fingerprint density at radius 2 is 1.22 bits per heavy atom. The maximum Gasteiger partial charge on any atom is 0.225 e. The van der Waals surface area contributed by atoms with Gasteiger partial charge >= 0.3 is 0 Å². The van der Waals surface area contributed by atoms with Crippen molar-refractivity contribution in [3.63, 3.8) is 0 Å². The minimum absolute atomic E-state index is 0.0877. The van der Waals surface area contributed by atoms with Crippen molar-refractivity contribution in [3.05, 3.63) is 59.7 Å². The number of amides is 1. The van der Waals surface area contributed by atoms with E-state index in [1.807, 2.05) is 25.8 Å². The minimum Gasteiger partial charge on any atom is -0.343 e. The monoisotopic (exact) mass is 487 g/mol. The highest BCUT2D eigenvalue weighted by atomic mass is 16.2. The lowest BCUT2D eigenvalue weighted by atomic mass is 9.77. The second-order valence-corrected chi connectivity index (χ2v) is 12.1. The van der Waals surface area contributed by atoms with Crippen LogP contribution in [0.4, 0.5) is 0 Å². The predicted octanol–water partition coefficient (Wildman–Crippen LogP) is 9.35. The van der Waals surface area contributed by atoms with Gasteiger partial charge in [0.05, 0.1) is 0 Å². The second-order valence-electron chi connectivity index (χ2n) is 12.1. The van der Waals surface area contributed by atoms with Crippen molar-refractivity contribution in [2.24, 2.45) is 11.8 Å². The van der Waals surface area contributed by atoms with Crippen LogP contribution in [0.1, 0.15) is 121 Å². The van der Waals surface area contributed by atoms with E-state index >= 15 is 0 Å². The number of rotatable bonds is 9. The Balaban J connectivity index is 1.28. The van der Waals surface area contributed by atoms with Crippen LogP contribution in [-0.2, 0) is 4.79 Å². The highest BCUT2D eigenvalue weighted by Crippen LogP contribution is 2.39. The van der Waals surface area contributed by atoms with Gasteiger partial charge in [0.2, 0.25) is 5.91 Å². The van der Waals surface area contributed by atoms with Crippen LogP contribution >= 0.6 is 0 Å². The lowest BCUT2D eigenvalue weighted by Gasteiger charge is -2.35. The average molecular weight is 488 g/mol. The van der Waals surface area contributed by atoms with Gasteiger partial charge in [-0.3, -0.25) is 4.79 Å². The van der Waals surface area contributed by atoms with Gasteiger partial charge in [-0.25, -0.2) is 0 Å². The Labute approximate surface area is 220 Å². The summed E-state index contributed by atoms with van der Waals surface area (Å²) in [7, 11) is 1.99. The van der Waals surface area contributed by atoms with Crippen molar-refractivity contribution in [1.82, 2.24) is 4.90 Å². The van der Waals surface area contributed by atoms with E-state index in [2.05, 4.69) is 55.5 Å². The zero-order valence-corrected chi connectivity index (χ0v) is 23.3. The van der Waals surface area contributed by atoms with Gasteiger partial charge in [0.1, 0.15) is 0 Å². The number of nitrogens with zero attached hydrogens (tertiary/aromatic N) is 1. The van der Waals surface area contributed by atoms with Crippen molar-refractivity contribution in [2.45, 2.75) is 116 Å². The fourth-order valence-corrected chi connectivity index (χ4v) is 6.75. The van der Waals surface area contributed by atoms with Gasteiger partial charge in [-0.05, 0) is 91.4 Å². The number of hydrogen-bond donors (Lipinski definition) is 0. The zero-order chi connectivity index (χ0) is 25.5. The van der Waals surface area contributed by atoms with Gasteiger partial charge in [-0.2, -0.15) is 0 Å². The Hall–Kier alpha value is -2.09. The normalized spacial score (nSPS) is 24.6. The van der Waals surface area contributed by atoms with Crippen LogP contribution in [0, 0.1) is 11.8 Å². The van der Waals surface area contributed by atoms with Crippen LogP contribution in [0.2, 0.25) is 0 Å². The van der Waals surface area contributed by atoms with Crippen molar-refractivity contribution in [2.75, 3.05) is 7.05 Å². The molecule has 2 nitrogen and oxygen atoms in total. The van der Waals surface area contributed by atoms with Crippen LogP contribution < -0.4 is 0 Å². The quantitative estimate of drug-likeness (QED) is 0.323. The van der Waals surface area contributed by atoms with E-state index < -0.39 is 0 Å². The molecule has 2 aliphatic rings. The molecule has 2 aliphatic carbocycles. The molecule has 0 heterocycles. The fourth-order valence-electron chi connectivity index (χ4n) is 6.75. The maximum atomic E-state index is 12.4. The molecule has 2 saturated carbocycles. The van der Waals surface area contributed by atoms with E-state index in [0.717, 1.165) is 24.7 Å². The standard InChI is InChI=1S/C34H49NO/c1-5-6-7-8-26-9-11-27(12-10-26)28-13-15-29(16-14-28)30-17-19-31(20-18-30)32-21-23-33(24-22-32)35(4)34(36)25(2)3/h13-20,25-27,32-33H,5-12,21-24H2,1-4H3. The summed E-state index contributed by atoms with van der Waals surface area (Å²) in [6, 6.07) is 19.2. The van der Waals surface area contributed by atoms with E-state index in [1.54, 1.807) is 5.56 Å². The number of carbonyl (C=O) groups excluding carboxylic acids is 1. The summed E-state index contributed by atoms with van der Waals surface area (Å²) in [5.41, 5.74) is 5.65. The summed E-state index contributed by atoms with van der Waals surface area (Å²) in [6.45, 7) is 6.30. The molecule has 2 fully saturated rings. The first-order valence-electron chi connectivity index (χ1n) is 14.9. The molecule has 0 radical (unpaired) electrons. The van der Waals surface area contributed by atoms with E-state index in [-0.39, 0.29) is 11.8 Å². The van der Waals surface area contributed by atoms with Gasteiger partial charge in [0.15, 0.2) is 0 Å². The van der Waals surface area contributed by atoms with Crippen LogP contribution in [0.3, 0.4) is 0 Å². The summed E-state index contributed by atoms with van der Waals surface area (Å²) in [6.07, 6.45) is 15.8. The fraction of sp³-hybridized carbons (Fsp3) is 0.618. The van der Waals surface area contributed by atoms with Gasteiger partial charge < -0.3 is 4.90 Å². The molecule has 0 bridgehead atoms. The molecule has 4 rings (SSSR count). The minimum atomic E-state index is 0.0877. The molecule has 0 unspecified atom stereocenters. The van der Waals surface area contributed by atoms with E-state index in [1.165, 1.54) is 80.9 Å². The van der Waals surface area contributed by atoms with E-state index in [4.69, 9.17) is 0 Å². The number of carbonyl (C=O) groups is 1. The number of benzene rings is 2. The zero-order valence-electron chi connectivity index (χ0n) is 23.3. The summed E-state index contributed by atoms with van der Waals surface area (Å²) in [4.78, 5) is 14.4. The molecule has 2 aromatic carbocycles. The smallest absolute Gasteiger partial charge is 0.225 e. The van der Waals surface area contributed by atoms with Crippen molar-refractivity contribution in [1.29, 1.82) is 0 Å². The van der Waals surface area contributed by atoms with Gasteiger partial charge in [-0.1, -0.05) is 95.0 Å². The van der Waals surface area contributed by atoms with Crippen LogP contribution in [0.25, 0.3) is 11.1 Å². The van der Waals surface area contributed by atoms with Gasteiger partial charge in [-0.15, -0.1) is 0 Å². The van der Waals surface area contributed by atoms with Crippen LogP contribution in [-0.4, -0.2) is 23.9 Å². The molecule has 1 amide bonds. The highest BCUT2D eigenvalue weighted by molar-refractivity contribution is 5.78. The van der Waals surface area contributed by atoms with Crippen molar-refractivity contribution >= 4 is 5.91 Å². The Morgan fingerprint density at radius 3 is 1.67 bits per heavy atom. The molecule has 0 saturated heterocycles. The lowest BCUT2D eigenvalue weighted by molar-refractivity contribution is -0.135. The third-order valence-corrected chi connectivity index (χ3v) is 9.25. The third kappa shape index (κ3) is 6.81. The molecule has 0 spiro atoms. The SMILES string of the molecule is CCCCCC1CCC(c2ccc(-c3ccc(C4CCC(N(C)C(=O)C(C)C)CC4)cc3)cc2)CC1. The largest absolute Gasteiger partial charge is 0.343 e. The summed E-state index contributed by atoms with van der Waals surface area (Å²) < 4.78 is 0. The maximum absolute atomic E-state index is 12.4. The topological polar surface area (TPSA) is 20.3 Å². The van der Waals surface area contributed by atoms with Gasteiger partial charge in [0, 0.05) is 19.0 Å². The molecule has 0 aliphatic heterocycles. The Kier molecular flexibility index (Phi) is 9.68. The van der Waals surface area contributed by atoms with E-state index in [0.29, 0.717) is 12.0 Å². The first kappa shape index (κ1) is 27.0. The Morgan fingerprint density at radius 1 is 0.750 bits per heavy atom. The van der Waals surface area contributed by atoms with E-state index in [9.17, 15) is 4.79 Å². The molecule has 0 N–H and O–H groups in total. The third-order valence-electron chi connectivity index (χ3n) is 9.25. The Bertz CT molecular complexity index is 928. The molecule has 2 heteroatoms. The molecular formula is C34H49NO. The molecule has 36 heavy (non-hydrogen) atoms. The van der Waals surface area contributed by atoms with Crippen LogP contribution in [0.5, 0.6) is 0 Å². The summed E-state index contributed by atoms with van der Waals surface area (Å²) in [5.74, 6) is 2.73. The predicted molar refractivity (Wildman–Crippen MR) is 153 cm³/mol. The molecule has 2 aromatic rings. The second kappa shape index (κ2) is 12.9. The number of unbranched alkanes of at least 4 members (excludes halogenated alkanes) is 2. The highest BCUT2D eigenvalue weighted by Gasteiger charge is 2.28. The molecular weight excluding hydrogens is 438 g/mol. The van der Waals surface area contributed by atoms with Gasteiger partial charge in [0.25, 0.3) is 0 Å². The lowest BCUT2D eigenvalue weighted by Crippen LogP contribution is -2.41. The summed E-state index contributed by atoms with van der Waals surface area (Å²) >= 11 is 0.